The van der Waals surface area contributed by atoms with Crippen LogP contribution in [0.25, 0.3) is 0 Å². The summed E-state index contributed by atoms with van der Waals surface area (Å²) in [6.07, 6.45) is 1.23. The molecule has 10 heteroatoms. The number of benzene rings is 1. The third kappa shape index (κ3) is 4.87. The van der Waals surface area contributed by atoms with Crippen LogP contribution in [0.3, 0.4) is 0 Å². The smallest absolute Gasteiger partial charge is 0.269 e. The Labute approximate surface area is 147 Å². The van der Waals surface area contributed by atoms with Gasteiger partial charge in [-0.05, 0) is 18.4 Å². The van der Waals surface area contributed by atoms with Crippen molar-refractivity contribution < 1.29 is 18.1 Å². The van der Waals surface area contributed by atoms with E-state index in [2.05, 4.69) is 0 Å². The highest BCUT2D eigenvalue weighted by Crippen LogP contribution is 2.24. The molecule has 8 nitrogen and oxygen atoms in total. The molecule has 1 aromatic carbocycles. The molecule has 0 aliphatic carbocycles. The fraction of sp³-hybridized carbons (Fsp3) is 0.571. The number of ether oxygens (including phenoxy) is 1. The van der Waals surface area contributed by atoms with Gasteiger partial charge in [0.15, 0.2) is 0 Å². The summed E-state index contributed by atoms with van der Waals surface area (Å²) in [6, 6.07) is 5.27. The van der Waals surface area contributed by atoms with Gasteiger partial charge in [-0.3, -0.25) is 10.1 Å². The number of methoxy groups -OCH3 is 1. The highest BCUT2D eigenvalue weighted by atomic mass is 35.5. The number of nitro groups is 1. The Morgan fingerprint density at radius 2 is 2.00 bits per heavy atom. The number of hydrogen-bond donors (Lipinski definition) is 1. The van der Waals surface area contributed by atoms with E-state index in [1.807, 2.05) is 0 Å². The fourth-order valence-electron chi connectivity index (χ4n) is 2.79. The largest absolute Gasteiger partial charge is 0.381 e. The molecular formula is C14H22ClN3O5S. The molecule has 1 aromatic rings. The van der Waals surface area contributed by atoms with Crippen molar-refractivity contribution in [3.8, 4) is 0 Å². The van der Waals surface area contributed by atoms with Gasteiger partial charge < -0.3 is 10.5 Å². The van der Waals surface area contributed by atoms with Crippen molar-refractivity contribution in [3.05, 3.63) is 39.9 Å². The van der Waals surface area contributed by atoms with Gasteiger partial charge in [-0.1, -0.05) is 12.1 Å². The van der Waals surface area contributed by atoms with Crippen LogP contribution >= 0.6 is 12.4 Å². The number of nitrogens with zero attached hydrogens (tertiary/aromatic N) is 2. The van der Waals surface area contributed by atoms with E-state index in [0.717, 1.165) is 0 Å². The lowest BCUT2D eigenvalue weighted by atomic mass is 10.0. The zero-order valence-corrected chi connectivity index (χ0v) is 15.0. The Morgan fingerprint density at radius 3 is 2.50 bits per heavy atom. The van der Waals surface area contributed by atoms with E-state index in [1.54, 1.807) is 7.11 Å². The van der Waals surface area contributed by atoms with Crippen LogP contribution in [0.4, 0.5) is 5.69 Å². The van der Waals surface area contributed by atoms with E-state index in [9.17, 15) is 18.5 Å². The standard InChI is InChI=1S/C14H21N3O5S.ClH/c1-22-14-6-7-16(13(8-14)9-15)23(20,21)10-11-2-4-12(5-3-11)17(18)19;/h2-5,13-14H,6-10,15H2,1H3;1H. The number of halogens is 1. The second kappa shape index (κ2) is 8.72. The minimum absolute atomic E-state index is 0. The molecule has 0 aromatic heterocycles. The maximum Gasteiger partial charge on any atom is 0.269 e. The summed E-state index contributed by atoms with van der Waals surface area (Å²) in [5, 5.41) is 10.6. The van der Waals surface area contributed by atoms with Crippen molar-refractivity contribution in [2.24, 2.45) is 5.73 Å². The first-order valence-electron chi connectivity index (χ1n) is 7.33. The number of piperidine rings is 1. The Hall–Kier alpha value is -1.26. The highest BCUT2D eigenvalue weighted by molar-refractivity contribution is 7.88. The maximum atomic E-state index is 12.6. The monoisotopic (exact) mass is 379 g/mol. The number of non-ortho nitro benzene ring substituents is 1. The molecule has 1 heterocycles. The predicted octanol–water partition coefficient (Wildman–Crippen LogP) is 1.28. The molecule has 0 bridgehead atoms. The Kier molecular flexibility index (Phi) is 7.56. The van der Waals surface area contributed by atoms with Crippen LogP contribution in [-0.4, -0.2) is 50.0 Å². The summed E-state index contributed by atoms with van der Waals surface area (Å²) in [4.78, 5) is 10.1. The van der Waals surface area contributed by atoms with E-state index < -0.39 is 14.9 Å². The van der Waals surface area contributed by atoms with Gasteiger partial charge in [-0.15, -0.1) is 12.4 Å². The normalized spacial score (nSPS) is 21.9. The lowest BCUT2D eigenvalue weighted by Crippen LogP contribution is -2.51. The van der Waals surface area contributed by atoms with Crippen molar-refractivity contribution in [2.45, 2.75) is 30.7 Å². The van der Waals surface area contributed by atoms with Crippen LogP contribution in [0.2, 0.25) is 0 Å². The van der Waals surface area contributed by atoms with Gasteiger partial charge in [0, 0.05) is 38.4 Å². The molecule has 0 spiro atoms. The minimum atomic E-state index is -3.53. The average molecular weight is 380 g/mol. The third-order valence-corrected chi connectivity index (χ3v) is 5.97. The molecule has 2 unspecified atom stereocenters. The summed E-state index contributed by atoms with van der Waals surface area (Å²) < 4.78 is 32.0. The maximum absolute atomic E-state index is 12.6. The van der Waals surface area contributed by atoms with Gasteiger partial charge in [-0.2, -0.15) is 4.31 Å². The van der Waals surface area contributed by atoms with Crippen molar-refractivity contribution in [1.82, 2.24) is 4.31 Å². The number of rotatable bonds is 6. The molecule has 1 saturated heterocycles. The third-order valence-electron chi connectivity index (χ3n) is 4.07. The quantitative estimate of drug-likeness (QED) is 0.588. The average Bonchev–Trinajstić information content (AvgIpc) is 2.54. The van der Waals surface area contributed by atoms with Gasteiger partial charge in [0.05, 0.1) is 16.8 Å². The minimum Gasteiger partial charge on any atom is -0.381 e. The van der Waals surface area contributed by atoms with Crippen LogP contribution in [0.15, 0.2) is 24.3 Å². The Bertz CT molecular complexity index is 653. The molecule has 0 saturated carbocycles. The van der Waals surface area contributed by atoms with Crippen LogP contribution in [-0.2, 0) is 20.5 Å². The summed E-state index contributed by atoms with van der Waals surface area (Å²) >= 11 is 0. The first-order valence-corrected chi connectivity index (χ1v) is 8.94. The zero-order valence-electron chi connectivity index (χ0n) is 13.3. The molecule has 2 atom stereocenters. The van der Waals surface area contributed by atoms with Crippen molar-refractivity contribution in [1.29, 1.82) is 0 Å². The van der Waals surface area contributed by atoms with Crippen LogP contribution < -0.4 is 5.73 Å². The number of hydrogen-bond acceptors (Lipinski definition) is 6. The molecule has 136 valence electrons. The van der Waals surface area contributed by atoms with Gasteiger partial charge in [0.25, 0.3) is 5.69 Å². The summed E-state index contributed by atoms with van der Waals surface area (Å²) in [5.41, 5.74) is 6.17. The Balaban J connectivity index is 0.00000288. The van der Waals surface area contributed by atoms with Gasteiger partial charge in [0.1, 0.15) is 0 Å². The van der Waals surface area contributed by atoms with Crippen molar-refractivity contribution in [2.75, 3.05) is 20.2 Å². The van der Waals surface area contributed by atoms with E-state index >= 15 is 0 Å². The second-order valence-corrected chi connectivity index (χ2v) is 7.48. The molecule has 1 fully saturated rings. The van der Waals surface area contributed by atoms with E-state index in [0.29, 0.717) is 24.9 Å². The lowest BCUT2D eigenvalue weighted by molar-refractivity contribution is -0.384. The molecule has 2 rings (SSSR count). The molecule has 1 aliphatic heterocycles. The van der Waals surface area contributed by atoms with Crippen LogP contribution in [0.1, 0.15) is 18.4 Å². The molecule has 2 N–H and O–H groups in total. The molecule has 0 radical (unpaired) electrons. The van der Waals surface area contributed by atoms with E-state index in [1.165, 1.54) is 28.6 Å². The number of nitrogens with two attached hydrogens (primary N) is 1. The van der Waals surface area contributed by atoms with Gasteiger partial charge >= 0.3 is 0 Å². The van der Waals surface area contributed by atoms with Gasteiger partial charge in [0.2, 0.25) is 10.0 Å². The fourth-order valence-corrected chi connectivity index (χ4v) is 4.58. The molecule has 0 amide bonds. The summed E-state index contributed by atoms with van der Waals surface area (Å²) in [5.74, 6) is -0.195. The van der Waals surface area contributed by atoms with Gasteiger partial charge in [-0.25, -0.2) is 8.42 Å². The lowest BCUT2D eigenvalue weighted by Gasteiger charge is -2.37. The molecular weight excluding hydrogens is 358 g/mol. The van der Waals surface area contributed by atoms with E-state index in [-0.39, 0.29) is 42.5 Å². The number of nitro benzene ring substituents is 1. The Morgan fingerprint density at radius 1 is 1.38 bits per heavy atom. The topological polar surface area (TPSA) is 116 Å². The SMILES string of the molecule is COC1CCN(S(=O)(=O)Cc2ccc([N+](=O)[O-])cc2)C(CN)C1.Cl. The van der Waals surface area contributed by atoms with Crippen LogP contribution in [0, 0.1) is 10.1 Å². The predicted molar refractivity (Wildman–Crippen MR) is 92.5 cm³/mol. The van der Waals surface area contributed by atoms with Crippen molar-refractivity contribution in [3.63, 3.8) is 0 Å². The summed E-state index contributed by atoms with van der Waals surface area (Å²) in [7, 11) is -1.92. The highest BCUT2D eigenvalue weighted by Gasteiger charge is 2.35. The number of sulfonamides is 1. The molecule has 1 aliphatic rings. The molecule has 24 heavy (non-hydrogen) atoms. The summed E-state index contributed by atoms with van der Waals surface area (Å²) in [6.45, 7) is 0.606. The first kappa shape index (κ1) is 20.8. The van der Waals surface area contributed by atoms with Crippen LogP contribution in [0.5, 0.6) is 0 Å². The van der Waals surface area contributed by atoms with E-state index in [4.69, 9.17) is 10.5 Å². The first-order chi connectivity index (χ1) is 10.9. The second-order valence-electron chi connectivity index (χ2n) is 5.56. The zero-order chi connectivity index (χ0) is 17.0. The van der Waals surface area contributed by atoms with Crippen molar-refractivity contribution >= 4 is 28.1 Å².